The number of rotatable bonds is 2. The van der Waals surface area contributed by atoms with E-state index < -0.39 is 46.2 Å². The number of alkyl halides is 6. The zero-order valence-corrected chi connectivity index (χ0v) is 14.5. The summed E-state index contributed by atoms with van der Waals surface area (Å²) in [6, 6.07) is 5.33. The van der Waals surface area contributed by atoms with Gasteiger partial charge in [-0.15, -0.1) is 0 Å². The van der Waals surface area contributed by atoms with E-state index in [4.69, 9.17) is 0 Å². The zero-order valence-electron chi connectivity index (χ0n) is 14.5. The molecule has 1 aromatic carbocycles. The molecule has 0 radical (unpaired) electrons. The second-order valence-corrected chi connectivity index (χ2v) is 6.09. The van der Waals surface area contributed by atoms with Crippen LogP contribution in [0, 0.1) is 6.92 Å². The lowest BCUT2D eigenvalue weighted by Gasteiger charge is -2.15. The molecule has 0 spiro atoms. The van der Waals surface area contributed by atoms with Gasteiger partial charge in [0.25, 0.3) is 11.5 Å². The van der Waals surface area contributed by atoms with Gasteiger partial charge in [-0.25, -0.2) is 4.98 Å². The second-order valence-electron chi connectivity index (χ2n) is 6.09. The minimum atomic E-state index is -5.07. The summed E-state index contributed by atoms with van der Waals surface area (Å²) in [6.07, 6.45) is -9.23. The summed E-state index contributed by atoms with van der Waals surface area (Å²) in [7, 11) is 0. The fraction of sp³-hybridized carbons (Fsp3) is 0.167. The van der Waals surface area contributed by atoms with Crippen LogP contribution in [-0.2, 0) is 12.4 Å². The first-order valence-corrected chi connectivity index (χ1v) is 7.96. The van der Waals surface area contributed by atoms with Crippen molar-refractivity contribution < 1.29 is 31.1 Å². The van der Waals surface area contributed by atoms with Crippen molar-refractivity contribution in [2.45, 2.75) is 19.3 Å². The number of fused-ring (bicyclic) bond motifs is 1. The predicted octanol–water partition coefficient (Wildman–Crippen LogP) is 4.29. The Morgan fingerprint density at radius 2 is 1.59 bits per heavy atom. The number of aryl methyl sites for hydroxylation is 1. The van der Waals surface area contributed by atoms with E-state index in [1.54, 1.807) is 19.1 Å². The van der Waals surface area contributed by atoms with Crippen LogP contribution in [0.5, 0.6) is 0 Å². The van der Waals surface area contributed by atoms with Gasteiger partial charge in [-0.3, -0.25) is 14.0 Å². The third-order valence-corrected chi connectivity index (χ3v) is 4.01. The molecule has 0 aliphatic carbocycles. The van der Waals surface area contributed by atoms with E-state index in [0.29, 0.717) is 17.8 Å². The molecule has 1 N–H and O–H groups in total. The molecule has 0 saturated carbocycles. The maximum absolute atomic E-state index is 12.9. The van der Waals surface area contributed by atoms with Gasteiger partial charge in [0.15, 0.2) is 0 Å². The monoisotopic (exact) mass is 415 g/mol. The molecule has 2 heterocycles. The van der Waals surface area contributed by atoms with Gasteiger partial charge < -0.3 is 5.32 Å². The molecule has 0 atom stereocenters. The molecule has 0 aliphatic rings. The minimum absolute atomic E-state index is 0.0640. The number of benzene rings is 1. The summed E-state index contributed by atoms with van der Waals surface area (Å²) in [4.78, 5) is 28.8. The van der Waals surface area contributed by atoms with Gasteiger partial charge in [0.05, 0.1) is 11.1 Å². The number of anilines is 1. The number of pyridine rings is 1. The topological polar surface area (TPSA) is 63.5 Å². The summed E-state index contributed by atoms with van der Waals surface area (Å²) in [5.74, 6) is -1.19. The standard InChI is InChI=1S/C18H11F6N3O2/c1-9-3-2-4-14-25-8-13(16(29)27(9)14)15(28)26-12-6-10(17(19,20)21)5-11(7-12)18(22,23)24/h2-8H,1H3,(H,26,28). The van der Waals surface area contributed by atoms with Gasteiger partial charge in [-0.1, -0.05) is 6.07 Å². The molecule has 5 nitrogen and oxygen atoms in total. The van der Waals surface area contributed by atoms with Crippen LogP contribution >= 0.6 is 0 Å². The quantitative estimate of drug-likeness (QED) is 0.635. The maximum atomic E-state index is 12.9. The van der Waals surface area contributed by atoms with E-state index in [1.165, 1.54) is 6.07 Å². The van der Waals surface area contributed by atoms with Gasteiger partial charge >= 0.3 is 12.4 Å². The summed E-state index contributed by atoms with van der Waals surface area (Å²) >= 11 is 0. The van der Waals surface area contributed by atoms with Gasteiger partial charge in [-0.2, -0.15) is 26.3 Å². The van der Waals surface area contributed by atoms with Crippen LogP contribution < -0.4 is 10.9 Å². The Balaban J connectivity index is 2.05. The average molecular weight is 415 g/mol. The smallest absolute Gasteiger partial charge is 0.322 e. The van der Waals surface area contributed by atoms with E-state index in [-0.39, 0.29) is 11.7 Å². The molecule has 2 aromatic heterocycles. The van der Waals surface area contributed by atoms with Crippen molar-refractivity contribution in [2.24, 2.45) is 0 Å². The van der Waals surface area contributed by atoms with Crippen molar-refractivity contribution in [3.63, 3.8) is 0 Å². The average Bonchev–Trinajstić information content (AvgIpc) is 2.60. The normalized spacial score (nSPS) is 12.2. The second kappa shape index (κ2) is 6.90. The SMILES string of the molecule is Cc1cccc2ncc(C(=O)Nc3cc(C(F)(F)F)cc(C(F)(F)F)c3)c(=O)n12. The Morgan fingerprint density at radius 1 is 1.00 bits per heavy atom. The molecule has 0 unspecified atom stereocenters. The van der Waals surface area contributed by atoms with Crippen LogP contribution in [0.2, 0.25) is 0 Å². The van der Waals surface area contributed by atoms with Crippen molar-refractivity contribution in [1.29, 1.82) is 0 Å². The van der Waals surface area contributed by atoms with Crippen molar-refractivity contribution in [3.05, 3.63) is 75.3 Å². The van der Waals surface area contributed by atoms with Crippen molar-refractivity contribution in [3.8, 4) is 0 Å². The summed E-state index contributed by atoms with van der Waals surface area (Å²) in [6.45, 7) is 1.57. The first-order valence-electron chi connectivity index (χ1n) is 7.96. The first-order chi connectivity index (χ1) is 13.4. The number of amides is 1. The Hall–Kier alpha value is -3.37. The maximum Gasteiger partial charge on any atom is 0.416 e. The Labute approximate surface area is 158 Å². The highest BCUT2D eigenvalue weighted by molar-refractivity contribution is 6.04. The van der Waals surface area contributed by atoms with Crippen molar-refractivity contribution >= 4 is 17.2 Å². The first kappa shape index (κ1) is 20.4. The molecule has 0 bridgehead atoms. The Bertz CT molecular complexity index is 1130. The van der Waals surface area contributed by atoms with Gasteiger partial charge in [0.1, 0.15) is 11.2 Å². The molecule has 3 rings (SSSR count). The van der Waals surface area contributed by atoms with E-state index in [1.807, 2.05) is 5.32 Å². The van der Waals surface area contributed by atoms with Crippen LogP contribution in [0.15, 0.2) is 47.4 Å². The Morgan fingerprint density at radius 3 is 2.14 bits per heavy atom. The van der Waals surface area contributed by atoms with E-state index in [9.17, 15) is 35.9 Å². The molecule has 0 fully saturated rings. The number of nitrogens with one attached hydrogen (secondary N) is 1. The van der Waals surface area contributed by atoms with Crippen LogP contribution in [0.4, 0.5) is 32.0 Å². The lowest BCUT2D eigenvalue weighted by molar-refractivity contribution is -0.143. The number of hydrogen-bond acceptors (Lipinski definition) is 3. The van der Waals surface area contributed by atoms with E-state index in [0.717, 1.165) is 10.6 Å². The highest BCUT2D eigenvalue weighted by Crippen LogP contribution is 2.37. The lowest BCUT2D eigenvalue weighted by Crippen LogP contribution is -2.28. The van der Waals surface area contributed by atoms with Gasteiger partial charge in [0, 0.05) is 17.6 Å². The van der Waals surface area contributed by atoms with E-state index in [2.05, 4.69) is 4.98 Å². The molecular weight excluding hydrogens is 404 g/mol. The summed E-state index contributed by atoms with van der Waals surface area (Å²) in [5, 5.41) is 1.92. The Kier molecular flexibility index (Phi) is 4.85. The number of aromatic nitrogens is 2. The molecule has 152 valence electrons. The van der Waals surface area contributed by atoms with Gasteiger partial charge in [0.2, 0.25) is 0 Å². The molecular formula is C18H11F6N3O2. The predicted molar refractivity (Wildman–Crippen MR) is 90.6 cm³/mol. The summed E-state index contributed by atoms with van der Waals surface area (Å²) in [5.41, 5.74) is -4.63. The number of carbonyl (C=O) groups excluding carboxylic acids is 1. The largest absolute Gasteiger partial charge is 0.416 e. The van der Waals surface area contributed by atoms with Gasteiger partial charge in [-0.05, 0) is 37.3 Å². The van der Waals surface area contributed by atoms with Crippen molar-refractivity contribution in [2.75, 3.05) is 5.32 Å². The van der Waals surface area contributed by atoms with E-state index >= 15 is 0 Å². The number of halogens is 6. The number of nitrogens with zero attached hydrogens (tertiary/aromatic N) is 2. The lowest BCUT2D eigenvalue weighted by atomic mass is 10.1. The molecule has 0 saturated heterocycles. The fourth-order valence-corrected chi connectivity index (χ4v) is 2.66. The highest BCUT2D eigenvalue weighted by Gasteiger charge is 2.37. The van der Waals surface area contributed by atoms with Crippen LogP contribution in [0.3, 0.4) is 0 Å². The summed E-state index contributed by atoms with van der Waals surface area (Å²) < 4.78 is 78.7. The molecule has 11 heteroatoms. The van der Waals surface area contributed by atoms with Crippen molar-refractivity contribution in [1.82, 2.24) is 9.38 Å². The number of carbonyl (C=O) groups is 1. The third-order valence-electron chi connectivity index (χ3n) is 4.01. The molecule has 3 aromatic rings. The molecule has 29 heavy (non-hydrogen) atoms. The number of hydrogen-bond donors (Lipinski definition) is 1. The third kappa shape index (κ3) is 4.08. The molecule has 0 aliphatic heterocycles. The zero-order chi connectivity index (χ0) is 21.6. The fourth-order valence-electron chi connectivity index (χ4n) is 2.66. The van der Waals surface area contributed by atoms with Crippen LogP contribution in [-0.4, -0.2) is 15.3 Å². The minimum Gasteiger partial charge on any atom is -0.322 e. The molecule has 1 amide bonds. The van der Waals surface area contributed by atoms with Crippen LogP contribution in [0.25, 0.3) is 5.65 Å². The highest BCUT2D eigenvalue weighted by atomic mass is 19.4. The van der Waals surface area contributed by atoms with Crippen LogP contribution in [0.1, 0.15) is 27.2 Å².